The predicted octanol–water partition coefficient (Wildman–Crippen LogP) is 4.39. The van der Waals surface area contributed by atoms with Crippen molar-refractivity contribution in [2.45, 2.75) is 26.3 Å². The predicted molar refractivity (Wildman–Crippen MR) is 91.2 cm³/mol. The molecule has 1 aliphatic carbocycles. The highest BCUT2D eigenvalue weighted by Crippen LogP contribution is 2.30. The first kappa shape index (κ1) is 18.8. The smallest absolute Gasteiger partial charge is 0.496 e. The maximum Gasteiger partial charge on any atom is 0.523 e. The number of nitrogen functional groups attached to an aromatic ring is 1. The topological polar surface area (TPSA) is 57.4 Å². The van der Waals surface area contributed by atoms with Crippen molar-refractivity contribution in [2.24, 2.45) is 0 Å². The molecule has 7 heteroatoms. The van der Waals surface area contributed by atoms with Crippen LogP contribution in [0.3, 0.4) is 0 Å². The highest BCUT2D eigenvalue weighted by atomic mass is 19.4. The molecule has 2 N–H and O–H groups in total. The molecule has 4 nitrogen and oxygen atoms in total. The Labute approximate surface area is 144 Å². The fraction of sp³-hybridized carbons (Fsp3) is 0.278. The Balaban J connectivity index is 2.51. The zero-order valence-corrected chi connectivity index (χ0v) is 14.1. The lowest BCUT2D eigenvalue weighted by atomic mass is 10.0. The zero-order chi connectivity index (χ0) is 18.8. The molecule has 1 unspecified atom stereocenters. The summed E-state index contributed by atoms with van der Waals surface area (Å²) in [6, 6.07) is 1.75. The zero-order valence-electron chi connectivity index (χ0n) is 14.1. The number of allylic oxidation sites excluding steroid dienone is 4. The standard InChI is InChI=1S/C18H19F3N2O2/c1-10(2)16-14(22)9-11(3)17(23-16)13-7-5-12(25-18(19,20)21)6-8-15(13)24-4/h5-9,12H,1,22H2,2-4H3. The van der Waals surface area contributed by atoms with E-state index in [2.05, 4.69) is 16.3 Å². The van der Waals surface area contributed by atoms with Crippen LogP contribution in [0.25, 0.3) is 11.1 Å². The molecule has 0 radical (unpaired) electrons. The summed E-state index contributed by atoms with van der Waals surface area (Å²) >= 11 is 0. The van der Waals surface area contributed by atoms with Gasteiger partial charge in [-0.05, 0) is 43.2 Å². The summed E-state index contributed by atoms with van der Waals surface area (Å²) in [6.45, 7) is 7.44. The maximum absolute atomic E-state index is 12.5. The normalized spacial score (nSPS) is 17.6. The lowest BCUT2D eigenvalue weighted by Crippen LogP contribution is -2.20. The van der Waals surface area contributed by atoms with Gasteiger partial charge >= 0.3 is 6.36 Å². The number of alkyl halides is 3. The van der Waals surface area contributed by atoms with E-state index < -0.39 is 12.5 Å². The quantitative estimate of drug-likeness (QED) is 0.873. The van der Waals surface area contributed by atoms with Crippen LogP contribution in [0.1, 0.15) is 23.9 Å². The Kier molecular flexibility index (Phi) is 5.37. The molecule has 1 heterocycles. The summed E-state index contributed by atoms with van der Waals surface area (Å²) < 4.78 is 46.7. The Morgan fingerprint density at radius 2 is 1.92 bits per heavy atom. The summed E-state index contributed by atoms with van der Waals surface area (Å²) in [4.78, 5) is 4.52. The van der Waals surface area contributed by atoms with Crippen molar-refractivity contribution in [3.63, 3.8) is 0 Å². The van der Waals surface area contributed by atoms with Gasteiger partial charge in [-0.15, -0.1) is 13.2 Å². The van der Waals surface area contributed by atoms with Crippen molar-refractivity contribution < 1.29 is 22.6 Å². The third kappa shape index (κ3) is 4.51. The number of halogens is 3. The first-order valence-electron chi connectivity index (χ1n) is 7.45. The van der Waals surface area contributed by atoms with E-state index in [1.165, 1.54) is 31.4 Å². The molecule has 1 atom stereocenters. The van der Waals surface area contributed by atoms with Crippen LogP contribution in [0.5, 0.6) is 0 Å². The minimum atomic E-state index is -4.74. The van der Waals surface area contributed by atoms with Crippen LogP contribution >= 0.6 is 0 Å². The number of methoxy groups -OCH3 is 1. The van der Waals surface area contributed by atoms with Crippen molar-refractivity contribution >= 4 is 16.8 Å². The fourth-order valence-electron chi connectivity index (χ4n) is 2.46. The summed E-state index contributed by atoms with van der Waals surface area (Å²) in [7, 11) is 1.44. The van der Waals surface area contributed by atoms with Gasteiger partial charge in [-0.1, -0.05) is 18.7 Å². The van der Waals surface area contributed by atoms with E-state index in [9.17, 15) is 13.2 Å². The van der Waals surface area contributed by atoms with Crippen LogP contribution in [0.4, 0.5) is 18.9 Å². The molecule has 0 bridgehead atoms. The van der Waals surface area contributed by atoms with Crippen LogP contribution < -0.4 is 5.73 Å². The summed E-state index contributed by atoms with van der Waals surface area (Å²) in [6.07, 6.45) is -0.491. The molecule has 0 amide bonds. The number of rotatable bonds is 4. The molecule has 0 spiro atoms. The van der Waals surface area contributed by atoms with Gasteiger partial charge in [0.25, 0.3) is 0 Å². The van der Waals surface area contributed by atoms with Crippen molar-refractivity contribution in [1.82, 2.24) is 4.98 Å². The lowest BCUT2D eigenvalue weighted by molar-refractivity contribution is -0.330. The van der Waals surface area contributed by atoms with Gasteiger partial charge in [0.15, 0.2) is 0 Å². The summed E-state index contributed by atoms with van der Waals surface area (Å²) in [5.74, 6) is 0.373. The number of nitrogens with zero attached hydrogens (tertiary/aromatic N) is 1. The molecule has 1 aromatic heterocycles. The molecular formula is C18H19F3N2O2. The van der Waals surface area contributed by atoms with E-state index in [0.717, 1.165) is 5.56 Å². The number of aromatic nitrogens is 1. The van der Waals surface area contributed by atoms with Crippen LogP contribution in [0, 0.1) is 6.92 Å². The highest BCUT2D eigenvalue weighted by molar-refractivity contribution is 5.80. The van der Waals surface area contributed by atoms with Gasteiger partial charge in [0.2, 0.25) is 0 Å². The maximum atomic E-state index is 12.5. The minimum absolute atomic E-state index is 0.373. The van der Waals surface area contributed by atoms with E-state index in [1.54, 1.807) is 13.0 Å². The SMILES string of the molecule is C=C(C)c1nc(C2=C(OC)C=CC(OC(F)(F)F)C=C2)c(C)cc1N. The number of hydrogen-bond acceptors (Lipinski definition) is 4. The molecule has 25 heavy (non-hydrogen) atoms. The van der Waals surface area contributed by atoms with E-state index in [1.807, 2.05) is 6.92 Å². The molecule has 0 saturated heterocycles. The summed E-state index contributed by atoms with van der Waals surface area (Å²) in [5, 5.41) is 0. The Morgan fingerprint density at radius 3 is 2.48 bits per heavy atom. The first-order valence-corrected chi connectivity index (χ1v) is 7.45. The highest BCUT2D eigenvalue weighted by Gasteiger charge is 2.32. The molecule has 0 saturated carbocycles. The third-order valence-electron chi connectivity index (χ3n) is 3.55. The Morgan fingerprint density at radius 1 is 1.28 bits per heavy atom. The van der Waals surface area contributed by atoms with Gasteiger partial charge in [0, 0.05) is 5.57 Å². The van der Waals surface area contributed by atoms with E-state index in [4.69, 9.17) is 10.5 Å². The molecule has 1 aromatic rings. The van der Waals surface area contributed by atoms with E-state index in [-0.39, 0.29) is 0 Å². The van der Waals surface area contributed by atoms with Gasteiger partial charge in [0.1, 0.15) is 11.9 Å². The number of hydrogen-bond donors (Lipinski definition) is 1. The number of pyridine rings is 1. The van der Waals surface area contributed by atoms with Gasteiger partial charge in [0.05, 0.1) is 24.2 Å². The largest absolute Gasteiger partial charge is 0.523 e. The van der Waals surface area contributed by atoms with Crippen LogP contribution in [-0.2, 0) is 9.47 Å². The molecule has 1 aliphatic rings. The second-order valence-electron chi connectivity index (χ2n) is 5.60. The van der Waals surface area contributed by atoms with Crippen molar-refractivity contribution in [1.29, 1.82) is 0 Å². The third-order valence-corrected chi connectivity index (χ3v) is 3.55. The van der Waals surface area contributed by atoms with Gasteiger partial charge in [-0.2, -0.15) is 0 Å². The Bertz CT molecular complexity index is 777. The van der Waals surface area contributed by atoms with Crippen LogP contribution in [0.15, 0.2) is 42.7 Å². The number of nitrogens with two attached hydrogens (primary N) is 1. The van der Waals surface area contributed by atoms with Gasteiger partial charge in [-0.25, -0.2) is 4.98 Å². The van der Waals surface area contributed by atoms with Gasteiger partial charge < -0.3 is 10.5 Å². The molecule has 2 rings (SSSR count). The van der Waals surface area contributed by atoms with Crippen LogP contribution in [-0.4, -0.2) is 24.6 Å². The number of anilines is 1. The molecule has 0 fully saturated rings. The fourth-order valence-corrected chi connectivity index (χ4v) is 2.46. The molecule has 134 valence electrons. The second kappa shape index (κ2) is 7.14. The van der Waals surface area contributed by atoms with Crippen molar-refractivity contribution in [2.75, 3.05) is 12.8 Å². The van der Waals surface area contributed by atoms with Gasteiger partial charge in [-0.3, -0.25) is 4.74 Å². The van der Waals surface area contributed by atoms with E-state index >= 15 is 0 Å². The number of ether oxygens (including phenoxy) is 2. The van der Waals surface area contributed by atoms with Crippen LogP contribution in [0.2, 0.25) is 0 Å². The second-order valence-corrected chi connectivity index (χ2v) is 5.60. The number of aryl methyl sites for hydroxylation is 1. The molecular weight excluding hydrogens is 333 g/mol. The lowest BCUT2D eigenvalue weighted by Gasteiger charge is -2.14. The first-order chi connectivity index (χ1) is 11.6. The average molecular weight is 352 g/mol. The Hall–Kier alpha value is -2.54. The monoisotopic (exact) mass is 352 g/mol. The molecule has 0 aromatic carbocycles. The van der Waals surface area contributed by atoms with E-state index in [0.29, 0.717) is 34.0 Å². The van der Waals surface area contributed by atoms with Crippen molar-refractivity contribution in [3.05, 3.63) is 59.7 Å². The average Bonchev–Trinajstić information content (AvgIpc) is 2.67. The minimum Gasteiger partial charge on any atom is -0.496 e. The summed E-state index contributed by atoms with van der Waals surface area (Å²) in [5.41, 5.74) is 9.52. The molecule has 0 aliphatic heterocycles. The van der Waals surface area contributed by atoms with Crippen molar-refractivity contribution in [3.8, 4) is 0 Å².